The zero-order chi connectivity index (χ0) is 18.8. The van der Waals surface area contributed by atoms with E-state index in [2.05, 4.69) is 18.8 Å². The van der Waals surface area contributed by atoms with Crippen LogP contribution in [-0.2, 0) is 14.8 Å². The first-order valence-electron chi connectivity index (χ1n) is 8.40. The molecule has 1 atom stereocenters. The Labute approximate surface area is 149 Å². The summed E-state index contributed by atoms with van der Waals surface area (Å²) in [5.74, 6) is 0.199. The Morgan fingerprint density at radius 1 is 1.20 bits per heavy atom. The molecule has 1 amide bonds. The highest BCUT2D eigenvalue weighted by Crippen LogP contribution is 2.25. The third kappa shape index (κ3) is 4.83. The number of anilines is 1. The summed E-state index contributed by atoms with van der Waals surface area (Å²) in [6.45, 7) is 6.04. The molecule has 2 aromatic rings. The number of H-pyrrole nitrogens is 1. The number of nitrogens with one attached hydrogen (secondary N) is 1. The molecule has 6 nitrogen and oxygen atoms in total. The first kappa shape index (κ1) is 19.5. The van der Waals surface area contributed by atoms with Gasteiger partial charge in [0.2, 0.25) is 15.9 Å². The van der Waals surface area contributed by atoms with Crippen molar-refractivity contribution in [3.8, 4) is 0 Å². The SMILES string of the molecule is CC(C)CC(C)N(C(=O)CN(C)S(C)(=O)=O)c1ccc2[nH]ccc2c1. The normalized spacial score (nSPS) is 13.6. The number of aromatic amines is 1. The number of hydrogen-bond donors (Lipinski definition) is 1. The monoisotopic (exact) mass is 365 g/mol. The largest absolute Gasteiger partial charge is 0.361 e. The van der Waals surface area contributed by atoms with Crippen LogP contribution >= 0.6 is 0 Å². The molecule has 2 rings (SSSR count). The lowest BCUT2D eigenvalue weighted by Gasteiger charge is -2.32. The van der Waals surface area contributed by atoms with Crippen LogP contribution in [0.3, 0.4) is 0 Å². The summed E-state index contributed by atoms with van der Waals surface area (Å²) in [5, 5.41) is 1.02. The number of carbonyl (C=O) groups is 1. The number of benzene rings is 1. The van der Waals surface area contributed by atoms with Gasteiger partial charge in [-0.25, -0.2) is 8.42 Å². The van der Waals surface area contributed by atoms with E-state index in [9.17, 15) is 13.2 Å². The summed E-state index contributed by atoms with van der Waals surface area (Å²) >= 11 is 0. The molecule has 1 heterocycles. The van der Waals surface area contributed by atoms with E-state index in [0.29, 0.717) is 5.92 Å². The van der Waals surface area contributed by atoms with Crippen LogP contribution in [0.2, 0.25) is 0 Å². The fourth-order valence-electron chi connectivity index (χ4n) is 3.01. The van der Waals surface area contributed by atoms with Gasteiger partial charge in [0.25, 0.3) is 0 Å². The van der Waals surface area contributed by atoms with Gasteiger partial charge in [0, 0.05) is 35.9 Å². The van der Waals surface area contributed by atoms with Gasteiger partial charge >= 0.3 is 0 Å². The molecule has 0 aliphatic rings. The van der Waals surface area contributed by atoms with E-state index in [-0.39, 0.29) is 18.5 Å². The fraction of sp³-hybridized carbons (Fsp3) is 0.500. The molecule has 0 radical (unpaired) electrons. The predicted molar refractivity (Wildman–Crippen MR) is 102 cm³/mol. The number of hydrogen-bond acceptors (Lipinski definition) is 3. The van der Waals surface area contributed by atoms with Crippen molar-refractivity contribution < 1.29 is 13.2 Å². The zero-order valence-electron chi connectivity index (χ0n) is 15.5. The Morgan fingerprint density at radius 2 is 1.88 bits per heavy atom. The highest BCUT2D eigenvalue weighted by Gasteiger charge is 2.26. The van der Waals surface area contributed by atoms with Gasteiger partial charge in [0.15, 0.2) is 0 Å². The quantitative estimate of drug-likeness (QED) is 0.820. The van der Waals surface area contributed by atoms with Gasteiger partial charge < -0.3 is 9.88 Å². The average molecular weight is 365 g/mol. The van der Waals surface area contributed by atoms with Crippen molar-refractivity contribution in [2.45, 2.75) is 33.2 Å². The maximum absolute atomic E-state index is 12.9. The van der Waals surface area contributed by atoms with Crippen LogP contribution in [0.15, 0.2) is 30.5 Å². The van der Waals surface area contributed by atoms with E-state index in [1.54, 1.807) is 4.90 Å². The zero-order valence-corrected chi connectivity index (χ0v) is 16.3. The van der Waals surface area contributed by atoms with Crippen LogP contribution in [0, 0.1) is 5.92 Å². The van der Waals surface area contributed by atoms with Gasteiger partial charge in [-0.1, -0.05) is 13.8 Å². The van der Waals surface area contributed by atoms with Crippen LogP contribution < -0.4 is 4.90 Å². The maximum atomic E-state index is 12.9. The third-order valence-electron chi connectivity index (χ3n) is 4.26. The van der Waals surface area contributed by atoms with Crippen molar-refractivity contribution in [1.29, 1.82) is 0 Å². The molecule has 138 valence electrons. The maximum Gasteiger partial charge on any atom is 0.242 e. The van der Waals surface area contributed by atoms with Gasteiger partial charge in [0.1, 0.15) is 0 Å². The van der Waals surface area contributed by atoms with E-state index in [0.717, 1.165) is 33.6 Å². The Bertz CT molecular complexity index is 842. The minimum absolute atomic E-state index is 0.0307. The van der Waals surface area contributed by atoms with Crippen molar-refractivity contribution >= 4 is 32.5 Å². The second-order valence-corrected chi connectivity index (χ2v) is 9.10. The lowest BCUT2D eigenvalue weighted by molar-refractivity contribution is -0.119. The van der Waals surface area contributed by atoms with Crippen molar-refractivity contribution in [2.75, 3.05) is 24.7 Å². The lowest BCUT2D eigenvalue weighted by Crippen LogP contribution is -2.45. The molecular formula is C18H27N3O3S. The Kier molecular flexibility index (Phi) is 5.90. The summed E-state index contributed by atoms with van der Waals surface area (Å²) in [6.07, 6.45) is 3.79. The molecule has 0 saturated carbocycles. The average Bonchev–Trinajstić information content (AvgIpc) is 2.93. The molecule has 25 heavy (non-hydrogen) atoms. The Morgan fingerprint density at radius 3 is 2.48 bits per heavy atom. The second kappa shape index (κ2) is 7.58. The molecule has 0 aliphatic carbocycles. The predicted octanol–water partition coefficient (Wildman–Crippen LogP) is 2.83. The van der Waals surface area contributed by atoms with Gasteiger partial charge in [0.05, 0.1) is 12.8 Å². The summed E-state index contributed by atoms with van der Waals surface area (Å²) in [4.78, 5) is 17.8. The molecule has 7 heteroatoms. The van der Waals surface area contributed by atoms with Gasteiger partial charge in [-0.3, -0.25) is 4.79 Å². The molecule has 1 aromatic heterocycles. The topological polar surface area (TPSA) is 73.5 Å². The molecule has 1 unspecified atom stereocenters. The molecule has 0 aliphatic heterocycles. The van der Waals surface area contributed by atoms with E-state index in [4.69, 9.17) is 0 Å². The van der Waals surface area contributed by atoms with E-state index in [1.807, 2.05) is 37.4 Å². The summed E-state index contributed by atoms with van der Waals surface area (Å²) in [6, 6.07) is 7.72. The molecule has 0 spiro atoms. The number of carbonyl (C=O) groups excluding carboxylic acids is 1. The van der Waals surface area contributed by atoms with Gasteiger partial charge in [-0.2, -0.15) is 4.31 Å². The number of nitrogens with zero attached hydrogens (tertiary/aromatic N) is 2. The Hall–Kier alpha value is -1.86. The minimum Gasteiger partial charge on any atom is -0.361 e. The highest BCUT2D eigenvalue weighted by molar-refractivity contribution is 7.88. The van der Waals surface area contributed by atoms with Gasteiger partial charge in [-0.05, 0) is 43.5 Å². The molecule has 0 fully saturated rings. The molecule has 0 saturated heterocycles. The smallest absolute Gasteiger partial charge is 0.242 e. The van der Waals surface area contributed by atoms with Crippen LogP contribution in [0.5, 0.6) is 0 Å². The van der Waals surface area contributed by atoms with Gasteiger partial charge in [-0.15, -0.1) is 0 Å². The molecule has 0 bridgehead atoms. The number of likely N-dealkylation sites (N-methyl/N-ethyl adjacent to an activating group) is 1. The first-order valence-corrected chi connectivity index (χ1v) is 10.2. The molecular weight excluding hydrogens is 338 g/mol. The Balaban J connectivity index is 2.36. The number of fused-ring (bicyclic) bond motifs is 1. The third-order valence-corrected chi connectivity index (χ3v) is 5.52. The highest BCUT2D eigenvalue weighted by atomic mass is 32.2. The number of amides is 1. The van der Waals surface area contributed by atoms with E-state index in [1.165, 1.54) is 7.05 Å². The van der Waals surface area contributed by atoms with Crippen molar-refractivity contribution in [3.63, 3.8) is 0 Å². The van der Waals surface area contributed by atoms with Crippen LogP contribution in [0.1, 0.15) is 27.2 Å². The van der Waals surface area contributed by atoms with Crippen LogP contribution in [0.25, 0.3) is 10.9 Å². The number of aromatic nitrogens is 1. The van der Waals surface area contributed by atoms with Crippen molar-refractivity contribution in [1.82, 2.24) is 9.29 Å². The van der Waals surface area contributed by atoms with Crippen molar-refractivity contribution in [2.24, 2.45) is 5.92 Å². The first-order chi connectivity index (χ1) is 11.6. The number of rotatable bonds is 7. The molecule has 1 N–H and O–H groups in total. The van der Waals surface area contributed by atoms with Crippen LogP contribution in [-0.4, -0.2) is 49.5 Å². The van der Waals surface area contributed by atoms with Crippen molar-refractivity contribution in [3.05, 3.63) is 30.5 Å². The minimum atomic E-state index is -3.41. The van der Waals surface area contributed by atoms with Crippen LogP contribution in [0.4, 0.5) is 5.69 Å². The fourth-order valence-corrected chi connectivity index (χ4v) is 3.35. The summed E-state index contributed by atoms with van der Waals surface area (Å²) < 4.78 is 24.4. The van der Waals surface area contributed by atoms with E-state index >= 15 is 0 Å². The lowest BCUT2D eigenvalue weighted by atomic mass is 10.0. The van der Waals surface area contributed by atoms with E-state index < -0.39 is 10.0 Å². The summed E-state index contributed by atoms with van der Waals surface area (Å²) in [7, 11) is -1.98. The number of sulfonamides is 1. The standard InChI is InChI=1S/C18H27N3O3S/c1-13(2)10-14(3)21(18(22)12-20(4)25(5,23)24)16-6-7-17-15(11-16)8-9-19-17/h6-9,11,13-14,19H,10,12H2,1-5H3. The summed E-state index contributed by atoms with van der Waals surface area (Å²) in [5.41, 5.74) is 1.79. The second-order valence-electron chi connectivity index (χ2n) is 7.01. The molecule has 1 aromatic carbocycles.